The van der Waals surface area contributed by atoms with Crippen LogP contribution in [0.15, 0.2) is 78.9 Å². The Labute approximate surface area is 311 Å². The largest absolute Gasteiger partial charge is 0.478 e. The van der Waals surface area contributed by atoms with E-state index in [1.54, 1.807) is 13.8 Å². The number of alkyl carbamates (subject to hydrolysis) is 1. The molecule has 0 saturated carbocycles. The molecule has 3 aromatic rings. The van der Waals surface area contributed by atoms with Crippen molar-refractivity contribution in [2.24, 2.45) is 5.92 Å². The third-order valence-corrected chi connectivity index (χ3v) is 10.5. The molecule has 282 valence electrons. The lowest BCUT2D eigenvalue weighted by atomic mass is 9.88. The van der Waals surface area contributed by atoms with E-state index >= 15 is 0 Å². The van der Waals surface area contributed by atoms with Crippen LogP contribution in [0.2, 0.25) is 0 Å². The lowest BCUT2D eigenvalue weighted by Gasteiger charge is -2.32. The van der Waals surface area contributed by atoms with Gasteiger partial charge in [0.05, 0.1) is 0 Å². The quantitative estimate of drug-likeness (QED) is 0.0708. The molecule has 0 fully saturated rings. The molecule has 3 aromatic carbocycles. The third kappa shape index (κ3) is 12.0. The van der Waals surface area contributed by atoms with Crippen molar-refractivity contribution in [3.05, 3.63) is 95.6 Å². The first-order valence-corrected chi connectivity index (χ1v) is 19.9. The average molecular weight is 712 g/mol. The van der Waals surface area contributed by atoms with Crippen molar-refractivity contribution in [3.8, 4) is 11.1 Å². The van der Waals surface area contributed by atoms with Gasteiger partial charge in [0.25, 0.3) is 0 Å². The number of carbonyl (C=O) groups excluding carboxylic acids is 2. The Morgan fingerprint density at radius 3 is 1.67 bits per heavy atom. The molecule has 1 aliphatic rings. The van der Waals surface area contributed by atoms with Crippen LogP contribution in [0, 0.1) is 5.92 Å². The number of benzene rings is 3. The van der Waals surface area contributed by atoms with E-state index < -0.39 is 29.7 Å². The van der Waals surface area contributed by atoms with E-state index in [2.05, 4.69) is 24.4 Å². The molecule has 2 atom stereocenters. The van der Waals surface area contributed by atoms with Crippen molar-refractivity contribution in [1.29, 1.82) is 0 Å². The summed E-state index contributed by atoms with van der Waals surface area (Å²) in [5, 5.41) is 13.3. The van der Waals surface area contributed by atoms with Crippen LogP contribution < -0.4 is 5.32 Å². The van der Waals surface area contributed by atoms with Gasteiger partial charge in [-0.3, -0.25) is 0 Å². The number of carboxylic acids is 1. The number of hydrogen-bond donors (Lipinski definition) is 2. The van der Waals surface area contributed by atoms with Crippen molar-refractivity contribution in [3.63, 3.8) is 0 Å². The second-order valence-corrected chi connectivity index (χ2v) is 14.9. The van der Waals surface area contributed by atoms with Gasteiger partial charge in [0.1, 0.15) is 12.6 Å². The van der Waals surface area contributed by atoms with Gasteiger partial charge in [-0.15, -0.1) is 0 Å². The second-order valence-electron chi connectivity index (χ2n) is 14.9. The lowest BCUT2D eigenvalue weighted by molar-refractivity contribution is -0.182. The zero-order chi connectivity index (χ0) is 37.2. The minimum Gasteiger partial charge on any atom is -0.478 e. The van der Waals surface area contributed by atoms with E-state index in [0.29, 0.717) is 6.42 Å². The Kier molecular flexibility index (Phi) is 16.7. The van der Waals surface area contributed by atoms with E-state index in [9.17, 15) is 19.5 Å². The molecule has 4 rings (SSSR count). The van der Waals surface area contributed by atoms with Crippen LogP contribution in [0.1, 0.15) is 140 Å². The first-order valence-electron chi connectivity index (χ1n) is 19.9. The maximum atomic E-state index is 13.8. The number of aliphatic carboxylic acids is 1. The Bertz CT molecular complexity index is 1490. The number of esters is 1. The number of ether oxygens (including phenoxy) is 2. The first kappa shape index (κ1) is 40.6. The molecule has 7 heteroatoms. The fraction of sp³-hybridized carbons (Fsp3) is 0.533. The monoisotopic (exact) mass is 711 g/mol. The number of unbranched alkanes of at least 4 members (excludes halogenated alkanes) is 13. The fourth-order valence-electron chi connectivity index (χ4n) is 7.45. The number of amides is 1. The highest BCUT2D eigenvalue weighted by Crippen LogP contribution is 2.44. The first-order chi connectivity index (χ1) is 25.3. The molecule has 52 heavy (non-hydrogen) atoms. The normalized spacial score (nSPS) is 13.9. The summed E-state index contributed by atoms with van der Waals surface area (Å²) in [6, 6.07) is 24.4. The van der Waals surface area contributed by atoms with Gasteiger partial charge >= 0.3 is 18.0 Å². The highest BCUT2D eigenvalue weighted by atomic mass is 16.6. The predicted octanol–water partition coefficient (Wildman–Crippen LogP) is 11.0. The summed E-state index contributed by atoms with van der Waals surface area (Å²) < 4.78 is 11.7. The second kappa shape index (κ2) is 21.4. The van der Waals surface area contributed by atoms with Gasteiger partial charge in [-0.25, -0.2) is 14.4 Å². The zero-order valence-corrected chi connectivity index (χ0v) is 31.7. The Morgan fingerprint density at radius 2 is 1.17 bits per heavy atom. The van der Waals surface area contributed by atoms with E-state index in [0.717, 1.165) is 47.1 Å². The highest BCUT2D eigenvalue weighted by molar-refractivity contribution is 5.86. The topological polar surface area (TPSA) is 102 Å². The van der Waals surface area contributed by atoms with Crippen LogP contribution in [-0.2, 0) is 25.5 Å². The smallest absolute Gasteiger partial charge is 0.407 e. The number of fused-ring (bicyclic) bond motifs is 3. The molecule has 0 heterocycles. The van der Waals surface area contributed by atoms with E-state index in [1.807, 2.05) is 66.7 Å². The van der Waals surface area contributed by atoms with Crippen molar-refractivity contribution in [2.75, 3.05) is 6.61 Å². The SMILES string of the molecule is CCCCCCCCCCCCCCCCC(Cc1ccccc1)(OC(=O)[C@@H](NC(=O)OCC1c2ccccc2-c2ccccc21)C(C)C)C(=O)O. The molecule has 0 bridgehead atoms. The summed E-state index contributed by atoms with van der Waals surface area (Å²) in [4.78, 5) is 40.0. The van der Waals surface area contributed by atoms with E-state index in [-0.39, 0.29) is 31.3 Å². The Hall–Kier alpha value is -4.13. The van der Waals surface area contributed by atoms with Gasteiger partial charge in [-0.1, -0.05) is 183 Å². The molecular formula is C45H61NO6. The number of rotatable bonds is 24. The summed E-state index contributed by atoms with van der Waals surface area (Å²) in [5.74, 6) is -2.44. The molecule has 0 radical (unpaired) electrons. The van der Waals surface area contributed by atoms with Gasteiger partial charge in [0.15, 0.2) is 0 Å². The van der Waals surface area contributed by atoms with Crippen LogP contribution in [0.4, 0.5) is 4.79 Å². The predicted molar refractivity (Wildman–Crippen MR) is 208 cm³/mol. The van der Waals surface area contributed by atoms with Gasteiger partial charge in [-0.2, -0.15) is 0 Å². The maximum absolute atomic E-state index is 13.8. The zero-order valence-electron chi connectivity index (χ0n) is 31.7. The summed E-state index contributed by atoms with van der Waals surface area (Å²) in [6.07, 6.45) is 16.2. The number of hydrogen-bond acceptors (Lipinski definition) is 5. The van der Waals surface area contributed by atoms with Gasteiger partial charge in [-0.05, 0) is 46.6 Å². The molecule has 7 nitrogen and oxygen atoms in total. The molecule has 0 spiro atoms. The molecule has 0 saturated heterocycles. The number of carbonyl (C=O) groups is 3. The molecule has 0 aromatic heterocycles. The fourth-order valence-corrected chi connectivity index (χ4v) is 7.45. The van der Waals surface area contributed by atoms with E-state index in [1.165, 1.54) is 64.2 Å². The molecule has 1 aliphatic carbocycles. The van der Waals surface area contributed by atoms with E-state index in [4.69, 9.17) is 9.47 Å². The van der Waals surface area contributed by atoms with Gasteiger partial charge in [0.2, 0.25) is 5.60 Å². The molecule has 1 unspecified atom stereocenters. The Morgan fingerprint density at radius 1 is 0.692 bits per heavy atom. The third-order valence-electron chi connectivity index (χ3n) is 10.5. The van der Waals surface area contributed by atoms with Crippen LogP contribution in [0.25, 0.3) is 11.1 Å². The maximum Gasteiger partial charge on any atom is 0.407 e. The lowest BCUT2D eigenvalue weighted by Crippen LogP contribution is -2.52. The van der Waals surface area contributed by atoms with Gasteiger partial charge < -0.3 is 19.9 Å². The van der Waals surface area contributed by atoms with Crippen molar-refractivity contribution < 1.29 is 29.0 Å². The number of nitrogens with one attached hydrogen (secondary N) is 1. The van der Waals surface area contributed by atoms with Crippen LogP contribution >= 0.6 is 0 Å². The van der Waals surface area contributed by atoms with Crippen molar-refractivity contribution >= 4 is 18.0 Å². The molecule has 2 N–H and O–H groups in total. The molecule has 1 amide bonds. The van der Waals surface area contributed by atoms with Crippen LogP contribution in [0.5, 0.6) is 0 Å². The highest BCUT2D eigenvalue weighted by Gasteiger charge is 2.44. The molecular weight excluding hydrogens is 650 g/mol. The average Bonchev–Trinajstić information content (AvgIpc) is 3.46. The summed E-state index contributed by atoms with van der Waals surface area (Å²) in [5.41, 5.74) is 3.44. The minimum atomic E-state index is -1.76. The summed E-state index contributed by atoms with van der Waals surface area (Å²) >= 11 is 0. The number of carboxylic acid groups (broad SMARTS) is 1. The van der Waals surface area contributed by atoms with Crippen LogP contribution in [-0.4, -0.2) is 41.4 Å². The minimum absolute atomic E-state index is 0.0448. The standard InChI is InChI=1S/C45H61NO6/c1-4-5-6-7-8-9-10-11-12-13-14-15-16-24-31-45(43(48)49,32-35-25-18-17-19-26-35)52-42(47)41(34(2)3)46-44(50)51-33-40-38-29-22-20-27-36(38)37-28-21-23-30-39(37)40/h17-23,25-30,34,40-41H,4-16,24,31-33H2,1-3H3,(H,46,50)(H,48,49)/t41-,45?/m0/s1. The molecule has 0 aliphatic heterocycles. The van der Waals surface area contributed by atoms with Crippen molar-refractivity contribution in [1.82, 2.24) is 5.32 Å². The van der Waals surface area contributed by atoms with Crippen molar-refractivity contribution in [2.45, 2.75) is 141 Å². The summed E-state index contributed by atoms with van der Waals surface area (Å²) in [6.45, 7) is 5.94. The van der Waals surface area contributed by atoms with Crippen LogP contribution in [0.3, 0.4) is 0 Å². The summed E-state index contributed by atoms with van der Waals surface area (Å²) in [7, 11) is 0. The van der Waals surface area contributed by atoms with Gasteiger partial charge in [0, 0.05) is 12.3 Å². The Balaban J connectivity index is 1.31.